The molecule has 3 rings (SSSR count). The maximum atomic E-state index is 4.54. The van der Waals surface area contributed by atoms with Crippen LogP contribution in [0.1, 0.15) is 69.6 Å². The average Bonchev–Trinajstić information content (AvgIpc) is 2.64. The van der Waals surface area contributed by atoms with Gasteiger partial charge in [0.2, 0.25) is 5.69 Å². The summed E-state index contributed by atoms with van der Waals surface area (Å²) in [6, 6.07) is 11.2. The molecule has 0 saturated heterocycles. The summed E-state index contributed by atoms with van der Waals surface area (Å²) in [7, 11) is 0. The van der Waals surface area contributed by atoms with E-state index in [-0.39, 0.29) is 5.54 Å². The Balaban J connectivity index is 2.23. The first-order chi connectivity index (χ1) is 12.1. The van der Waals surface area contributed by atoms with Gasteiger partial charge in [-0.3, -0.25) is 0 Å². The van der Waals surface area contributed by atoms with E-state index in [1.807, 2.05) is 0 Å². The molecule has 1 aliphatic heterocycles. The number of unbranched alkanes of at least 4 members (excludes halogenated alkanes) is 2. The van der Waals surface area contributed by atoms with Crippen molar-refractivity contribution in [3.63, 3.8) is 0 Å². The molecule has 1 nitrogen and oxygen atoms in total. The van der Waals surface area contributed by atoms with Gasteiger partial charge in [-0.25, -0.2) is 0 Å². The van der Waals surface area contributed by atoms with E-state index >= 15 is 0 Å². The fourth-order valence-corrected chi connectivity index (χ4v) is 4.59. The van der Waals surface area contributed by atoms with Crippen LogP contribution < -0.4 is 4.57 Å². The van der Waals surface area contributed by atoms with Crippen LogP contribution in [0.3, 0.4) is 0 Å². The third kappa shape index (κ3) is 2.74. The van der Waals surface area contributed by atoms with Crippen LogP contribution in [0.2, 0.25) is 0 Å². The van der Waals surface area contributed by atoms with Crippen molar-refractivity contribution >= 4 is 5.57 Å². The maximum absolute atomic E-state index is 4.54. The molecule has 0 aliphatic carbocycles. The Labute approximate surface area is 153 Å². The van der Waals surface area contributed by atoms with Gasteiger partial charge in [0, 0.05) is 30.0 Å². The Hall–Kier alpha value is -1.89. The number of aromatic nitrogens is 1. The van der Waals surface area contributed by atoms with Crippen LogP contribution in [0.15, 0.2) is 43.1 Å². The molecule has 0 radical (unpaired) electrons. The Bertz CT molecular complexity index is 781. The number of allylic oxidation sites excluding steroid dienone is 1. The van der Waals surface area contributed by atoms with Crippen molar-refractivity contribution in [1.29, 1.82) is 0 Å². The summed E-state index contributed by atoms with van der Waals surface area (Å²) in [5, 5.41) is 0. The highest BCUT2D eigenvalue weighted by molar-refractivity contribution is 5.83. The highest BCUT2D eigenvalue weighted by atomic mass is 15.1. The van der Waals surface area contributed by atoms with Gasteiger partial charge < -0.3 is 0 Å². The molecule has 25 heavy (non-hydrogen) atoms. The molecule has 0 fully saturated rings. The van der Waals surface area contributed by atoms with Crippen molar-refractivity contribution in [1.82, 2.24) is 0 Å². The minimum Gasteiger partial charge on any atom is -0.188 e. The molecule has 0 unspecified atom stereocenters. The molecule has 132 valence electrons. The monoisotopic (exact) mass is 334 g/mol. The third-order valence-electron chi connectivity index (χ3n) is 6.25. The van der Waals surface area contributed by atoms with E-state index in [0.29, 0.717) is 0 Å². The van der Waals surface area contributed by atoms with Crippen molar-refractivity contribution in [3.05, 3.63) is 59.8 Å². The predicted molar refractivity (Wildman–Crippen MR) is 108 cm³/mol. The average molecular weight is 335 g/mol. The van der Waals surface area contributed by atoms with Crippen molar-refractivity contribution in [2.24, 2.45) is 0 Å². The number of aryl methyl sites for hydroxylation is 1. The van der Waals surface area contributed by atoms with Gasteiger partial charge in [0.15, 0.2) is 11.7 Å². The second-order valence-corrected chi connectivity index (χ2v) is 7.40. The lowest BCUT2D eigenvalue weighted by molar-refractivity contribution is -0.741. The lowest BCUT2D eigenvalue weighted by atomic mass is 9.75. The quantitative estimate of drug-likeness (QED) is 0.436. The standard InChI is InChI=1S/C24H32N/c1-6-9-10-13-20-16-17-25-23(18(20)4)22-15-12-11-14-21(22)19(5)24(25,7-2)8-3/h11-12,14-17H,5-10,13H2,1-4H3/q+1. The number of rotatable bonds is 6. The maximum Gasteiger partial charge on any atom is 0.217 e. The molecule has 0 spiro atoms. The van der Waals surface area contributed by atoms with Gasteiger partial charge >= 0.3 is 0 Å². The lowest BCUT2D eigenvalue weighted by Gasteiger charge is -2.35. The largest absolute Gasteiger partial charge is 0.217 e. The zero-order valence-corrected chi connectivity index (χ0v) is 16.4. The summed E-state index contributed by atoms with van der Waals surface area (Å²) in [5.74, 6) is 0. The van der Waals surface area contributed by atoms with Crippen molar-refractivity contribution in [2.45, 2.75) is 71.8 Å². The lowest BCUT2D eigenvalue weighted by Crippen LogP contribution is -2.59. The molecule has 0 N–H and O–H groups in total. The second-order valence-electron chi connectivity index (χ2n) is 7.40. The molecule has 0 saturated carbocycles. The van der Waals surface area contributed by atoms with Crippen LogP contribution in [-0.4, -0.2) is 0 Å². The molecule has 1 heteroatoms. The number of pyridine rings is 1. The van der Waals surface area contributed by atoms with Crippen LogP contribution >= 0.6 is 0 Å². The smallest absolute Gasteiger partial charge is 0.188 e. The van der Waals surface area contributed by atoms with E-state index in [1.54, 1.807) is 0 Å². The van der Waals surface area contributed by atoms with E-state index in [2.05, 4.69) is 75.4 Å². The molecule has 1 aromatic carbocycles. The van der Waals surface area contributed by atoms with Crippen LogP contribution in [0.4, 0.5) is 0 Å². The summed E-state index contributed by atoms with van der Waals surface area (Å²) < 4.78 is 2.52. The van der Waals surface area contributed by atoms with E-state index in [0.717, 1.165) is 12.8 Å². The van der Waals surface area contributed by atoms with Gasteiger partial charge in [0.1, 0.15) is 0 Å². The molecule has 1 aliphatic rings. The van der Waals surface area contributed by atoms with Crippen molar-refractivity contribution in [3.8, 4) is 11.3 Å². The van der Waals surface area contributed by atoms with Crippen LogP contribution in [0.5, 0.6) is 0 Å². The Morgan fingerprint density at radius 1 is 0.960 bits per heavy atom. The van der Waals surface area contributed by atoms with Gasteiger partial charge in [-0.05, 0) is 37.0 Å². The number of nitrogens with zero attached hydrogens (tertiary/aromatic N) is 1. The van der Waals surface area contributed by atoms with Crippen LogP contribution in [0.25, 0.3) is 16.8 Å². The fourth-order valence-electron chi connectivity index (χ4n) is 4.59. The molecule has 2 heterocycles. The molecular weight excluding hydrogens is 302 g/mol. The normalized spacial score (nSPS) is 15.0. The van der Waals surface area contributed by atoms with E-state index in [4.69, 9.17) is 0 Å². The van der Waals surface area contributed by atoms with Gasteiger partial charge in [0.25, 0.3) is 0 Å². The molecule has 2 aromatic rings. The number of benzene rings is 1. The second kappa shape index (κ2) is 7.15. The van der Waals surface area contributed by atoms with Crippen molar-refractivity contribution in [2.75, 3.05) is 0 Å². The SMILES string of the molecule is C=C1c2ccccc2-c2c(C)c(CCCCC)cc[n+]2C1(CC)CC. The number of hydrogen-bond acceptors (Lipinski definition) is 0. The fraction of sp³-hybridized carbons (Fsp3) is 0.458. The zero-order chi connectivity index (χ0) is 18.0. The zero-order valence-electron chi connectivity index (χ0n) is 16.4. The number of fused-ring (bicyclic) bond motifs is 3. The van der Waals surface area contributed by atoms with Gasteiger partial charge in [0.05, 0.1) is 5.56 Å². The van der Waals surface area contributed by atoms with Crippen LogP contribution in [-0.2, 0) is 12.0 Å². The Morgan fingerprint density at radius 2 is 1.64 bits per heavy atom. The summed E-state index contributed by atoms with van der Waals surface area (Å²) in [4.78, 5) is 0. The summed E-state index contributed by atoms with van der Waals surface area (Å²) in [6.07, 6.45) is 9.52. The summed E-state index contributed by atoms with van der Waals surface area (Å²) in [5.41, 5.74) is 8.30. The van der Waals surface area contributed by atoms with E-state index in [1.165, 1.54) is 59.2 Å². The Kier molecular flexibility index (Phi) is 5.13. The first kappa shape index (κ1) is 17.9. The minimum absolute atomic E-state index is 0.00358. The Morgan fingerprint density at radius 3 is 2.28 bits per heavy atom. The molecule has 0 atom stereocenters. The van der Waals surface area contributed by atoms with Gasteiger partial charge in [-0.15, -0.1) is 0 Å². The van der Waals surface area contributed by atoms with E-state index in [9.17, 15) is 0 Å². The van der Waals surface area contributed by atoms with Crippen LogP contribution in [0, 0.1) is 6.92 Å². The van der Waals surface area contributed by atoms with Crippen molar-refractivity contribution < 1.29 is 4.57 Å². The molecule has 0 amide bonds. The summed E-state index contributed by atoms with van der Waals surface area (Å²) >= 11 is 0. The molecule has 0 bridgehead atoms. The molecule has 1 aromatic heterocycles. The highest BCUT2D eigenvalue weighted by Gasteiger charge is 2.47. The summed E-state index contributed by atoms with van der Waals surface area (Å²) in [6.45, 7) is 13.7. The molecular formula is C24H32N+. The topological polar surface area (TPSA) is 3.88 Å². The minimum atomic E-state index is -0.00358. The van der Waals surface area contributed by atoms with E-state index < -0.39 is 0 Å². The van der Waals surface area contributed by atoms with Gasteiger partial charge in [-0.1, -0.05) is 58.4 Å². The first-order valence-corrected chi connectivity index (χ1v) is 9.94. The first-order valence-electron chi connectivity index (χ1n) is 9.94. The predicted octanol–water partition coefficient (Wildman–Crippen LogP) is 6.22. The third-order valence-corrected chi connectivity index (χ3v) is 6.25. The highest BCUT2D eigenvalue weighted by Crippen LogP contribution is 2.44. The number of hydrogen-bond donors (Lipinski definition) is 0. The van der Waals surface area contributed by atoms with Gasteiger partial charge in [-0.2, -0.15) is 4.57 Å².